The van der Waals surface area contributed by atoms with E-state index in [1.807, 2.05) is 77.7 Å². The van der Waals surface area contributed by atoms with E-state index < -0.39 is 0 Å². The number of amides is 1. The Morgan fingerprint density at radius 2 is 1.31 bits per heavy atom. The van der Waals surface area contributed by atoms with Gasteiger partial charge in [0.1, 0.15) is 0 Å². The van der Waals surface area contributed by atoms with Gasteiger partial charge in [-0.1, -0.05) is 60.7 Å². The van der Waals surface area contributed by atoms with Crippen molar-refractivity contribution in [3.8, 4) is 22.5 Å². The standard InChI is InChI=1S/C22H21N3O/c26-22(25-13-11-23-12-14-25)19-15-20(17-7-3-1-4-8-17)24-21(16-19)18-9-5-2-6-10-18/h1-10,15-16,23H,11-14H2. The van der Waals surface area contributed by atoms with Gasteiger partial charge in [-0.05, 0) is 12.1 Å². The highest BCUT2D eigenvalue weighted by Crippen LogP contribution is 2.25. The van der Waals surface area contributed by atoms with E-state index in [0.717, 1.165) is 48.7 Å². The van der Waals surface area contributed by atoms with E-state index in [0.29, 0.717) is 5.56 Å². The first-order chi connectivity index (χ1) is 12.8. The fourth-order valence-electron chi connectivity index (χ4n) is 3.22. The molecule has 26 heavy (non-hydrogen) atoms. The molecular weight excluding hydrogens is 322 g/mol. The summed E-state index contributed by atoms with van der Waals surface area (Å²) in [6.45, 7) is 3.16. The van der Waals surface area contributed by atoms with Gasteiger partial charge in [-0.25, -0.2) is 4.98 Å². The zero-order chi connectivity index (χ0) is 17.8. The normalized spacial score (nSPS) is 14.2. The van der Waals surface area contributed by atoms with Crippen molar-refractivity contribution in [3.05, 3.63) is 78.4 Å². The number of nitrogens with zero attached hydrogens (tertiary/aromatic N) is 2. The van der Waals surface area contributed by atoms with Gasteiger partial charge in [-0.15, -0.1) is 0 Å². The Morgan fingerprint density at radius 3 is 1.81 bits per heavy atom. The van der Waals surface area contributed by atoms with Crippen LogP contribution in [-0.4, -0.2) is 42.0 Å². The van der Waals surface area contributed by atoms with Crippen LogP contribution in [0.5, 0.6) is 0 Å². The fourth-order valence-corrected chi connectivity index (χ4v) is 3.22. The van der Waals surface area contributed by atoms with E-state index in [4.69, 9.17) is 4.98 Å². The lowest BCUT2D eigenvalue weighted by molar-refractivity contribution is 0.0736. The smallest absolute Gasteiger partial charge is 0.254 e. The molecule has 0 aliphatic carbocycles. The monoisotopic (exact) mass is 343 g/mol. The quantitative estimate of drug-likeness (QED) is 0.792. The number of piperazine rings is 1. The lowest BCUT2D eigenvalue weighted by Gasteiger charge is -2.27. The first-order valence-corrected chi connectivity index (χ1v) is 8.94. The molecule has 0 atom stereocenters. The van der Waals surface area contributed by atoms with E-state index in [9.17, 15) is 4.79 Å². The molecule has 1 amide bonds. The number of hydrogen-bond acceptors (Lipinski definition) is 3. The maximum absolute atomic E-state index is 13.0. The van der Waals surface area contributed by atoms with Crippen LogP contribution in [0.15, 0.2) is 72.8 Å². The van der Waals surface area contributed by atoms with Gasteiger partial charge in [0.25, 0.3) is 5.91 Å². The molecule has 130 valence electrons. The SMILES string of the molecule is O=C(c1cc(-c2ccccc2)nc(-c2ccccc2)c1)N1CCNCC1. The summed E-state index contributed by atoms with van der Waals surface area (Å²) >= 11 is 0. The molecule has 4 nitrogen and oxygen atoms in total. The highest BCUT2D eigenvalue weighted by atomic mass is 16.2. The summed E-state index contributed by atoms with van der Waals surface area (Å²) in [5.41, 5.74) is 4.37. The molecule has 1 saturated heterocycles. The average molecular weight is 343 g/mol. The van der Waals surface area contributed by atoms with Gasteiger partial charge in [0.05, 0.1) is 11.4 Å². The molecule has 0 bridgehead atoms. The van der Waals surface area contributed by atoms with E-state index in [-0.39, 0.29) is 5.91 Å². The predicted octanol–water partition coefficient (Wildman–Crippen LogP) is 3.46. The third kappa shape index (κ3) is 3.51. The van der Waals surface area contributed by atoms with Gasteiger partial charge in [0.2, 0.25) is 0 Å². The van der Waals surface area contributed by atoms with Crippen molar-refractivity contribution in [2.24, 2.45) is 0 Å². The number of hydrogen-bond donors (Lipinski definition) is 1. The zero-order valence-corrected chi connectivity index (χ0v) is 14.6. The molecule has 1 aliphatic rings. The lowest BCUT2D eigenvalue weighted by Crippen LogP contribution is -2.46. The summed E-state index contributed by atoms with van der Waals surface area (Å²) in [4.78, 5) is 19.8. The minimum atomic E-state index is 0.0725. The molecule has 1 aromatic heterocycles. The Bertz CT molecular complexity index is 830. The van der Waals surface area contributed by atoms with Crippen LogP contribution in [0, 0.1) is 0 Å². The minimum absolute atomic E-state index is 0.0725. The summed E-state index contributed by atoms with van der Waals surface area (Å²) in [5.74, 6) is 0.0725. The van der Waals surface area contributed by atoms with Gasteiger partial charge in [-0.2, -0.15) is 0 Å². The number of carbonyl (C=O) groups excluding carboxylic acids is 1. The van der Waals surface area contributed by atoms with Crippen molar-refractivity contribution >= 4 is 5.91 Å². The molecule has 2 aromatic carbocycles. The number of pyridine rings is 1. The topological polar surface area (TPSA) is 45.2 Å². The molecule has 3 aromatic rings. The van der Waals surface area contributed by atoms with Gasteiger partial charge in [-0.3, -0.25) is 4.79 Å². The summed E-state index contributed by atoms with van der Waals surface area (Å²) in [6, 6.07) is 23.8. The second kappa shape index (κ2) is 7.50. The summed E-state index contributed by atoms with van der Waals surface area (Å²) in [6.07, 6.45) is 0. The van der Waals surface area contributed by atoms with Crippen molar-refractivity contribution in [3.63, 3.8) is 0 Å². The molecule has 0 saturated carbocycles. The summed E-state index contributed by atoms with van der Waals surface area (Å²) in [5, 5.41) is 3.29. The third-order valence-electron chi connectivity index (χ3n) is 4.62. The van der Waals surface area contributed by atoms with Crippen LogP contribution in [0.25, 0.3) is 22.5 Å². The van der Waals surface area contributed by atoms with E-state index >= 15 is 0 Å². The van der Waals surface area contributed by atoms with Crippen molar-refractivity contribution in [2.75, 3.05) is 26.2 Å². The first-order valence-electron chi connectivity index (χ1n) is 8.94. The van der Waals surface area contributed by atoms with Gasteiger partial charge in [0.15, 0.2) is 0 Å². The number of rotatable bonds is 3. The van der Waals surface area contributed by atoms with Crippen LogP contribution in [0.4, 0.5) is 0 Å². The van der Waals surface area contributed by atoms with Crippen molar-refractivity contribution in [1.29, 1.82) is 0 Å². The van der Waals surface area contributed by atoms with Crippen LogP contribution in [-0.2, 0) is 0 Å². The second-order valence-electron chi connectivity index (χ2n) is 6.40. The molecule has 4 rings (SSSR count). The van der Waals surface area contributed by atoms with Gasteiger partial charge < -0.3 is 10.2 Å². The lowest BCUT2D eigenvalue weighted by atomic mass is 10.0. The molecule has 4 heteroatoms. The molecular formula is C22H21N3O. The molecule has 1 aliphatic heterocycles. The largest absolute Gasteiger partial charge is 0.336 e. The minimum Gasteiger partial charge on any atom is -0.336 e. The van der Waals surface area contributed by atoms with Crippen molar-refractivity contribution < 1.29 is 4.79 Å². The molecule has 1 N–H and O–H groups in total. The van der Waals surface area contributed by atoms with Crippen molar-refractivity contribution in [1.82, 2.24) is 15.2 Å². The van der Waals surface area contributed by atoms with Gasteiger partial charge >= 0.3 is 0 Å². The predicted molar refractivity (Wildman–Crippen MR) is 104 cm³/mol. The van der Waals surface area contributed by atoms with E-state index in [1.165, 1.54) is 0 Å². The Labute approximate surface area is 153 Å². The Hall–Kier alpha value is -2.98. The first kappa shape index (κ1) is 16.5. The Morgan fingerprint density at radius 1 is 0.808 bits per heavy atom. The molecule has 1 fully saturated rings. The van der Waals surface area contributed by atoms with Crippen LogP contribution in [0.2, 0.25) is 0 Å². The molecule has 2 heterocycles. The highest BCUT2D eigenvalue weighted by molar-refractivity contribution is 5.96. The van der Waals surface area contributed by atoms with E-state index in [2.05, 4.69) is 5.32 Å². The van der Waals surface area contributed by atoms with E-state index in [1.54, 1.807) is 0 Å². The van der Waals surface area contributed by atoms with Gasteiger partial charge in [0, 0.05) is 42.9 Å². The number of aromatic nitrogens is 1. The third-order valence-corrected chi connectivity index (χ3v) is 4.62. The number of nitrogens with one attached hydrogen (secondary N) is 1. The second-order valence-corrected chi connectivity index (χ2v) is 6.40. The van der Waals surface area contributed by atoms with Crippen LogP contribution < -0.4 is 5.32 Å². The maximum atomic E-state index is 13.0. The highest BCUT2D eigenvalue weighted by Gasteiger charge is 2.20. The van der Waals surface area contributed by atoms with Crippen molar-refractivity contribution in [2.45, 2.75) is 0 Å². The summed E-state index contributed by atoms with van der Waals surface area (Å²) in [7, 11) is 0. The zero-order valence-electron chi connectivity index (χ0n) is 14.6. The summed E-state index contributed by atoms with van der Waals surface area (Å²) < 4.78 is 0. The maximum Gasteiger partial charge on any atom is 0.254 e. The number of carbonyl (C=O) groups is 1. The fraction of sp³-hybridized carbons (Fsp3) is 0.182. The molecule has 0 radical (unpaired) electrons. The van der Waals surface area contributed by atoms with Crippen LogP contribution in [0.3, 0.4) is 0 Å². The Balaban J connectivity index is 1.79. The Kier molecular flexibility index (Phi) is 4.75. The number of benzene rings is 2. The van der Waals surface area contributed by atoms with Crippen LogP contribution in [0.1, 0.15) is 10.4 Å². The average Bonchev–Trinajstić information content (AvgIpc) is 2.75. The molecule has 0 spiro atoms. The molecule has 0 unspecified atom stereocenters. The van der Waals surface area contributed by atoms with Crippen LogP contribution >= 0.6 is 0 Å².